The van der Waals surface area contributed by atoms with Gasteiger partial charge in [0.05, 0.1) is 13.2 Å². The van der Waals surface area contributed by atoms with Gasteiger partial charge in [-0.1, -0.05) is 0 Å². The molecule has 2 rings (SSSR count). The van der Waals surface area contributed by atoms with Crippen molar-refractivity contribution in [1.29, 1.82) is 0 Å². The predicted octanol–water partition coefficient (Wildman–Crippen LogP) is 0.508. The molecular formula is C13H21ClN4O2. The maximum absolute atomic E-state index is 11.8. The quantitative estimate of drug-likeness (QED) is 0.880. The van der Waals surface area contributed by atoms with Gasteiger partial charge in [-0.15, -0.1) is 12.4 Å². The number of anilines is 1. The highest BCUT2D eigenvalue weighted by atomic mass is 35.5. The van der Waals surface area contributed by atoms with E-state index in [1.807, 2.05) is 12.1 Å². The molecule has 0 aliphatic carbocycles. The summed E-state index contributed by atoms with van der Waals surface area (Å²) in [5, 5.41) is 0. The number of carbonyl (C=O) groups excluding carboxylic acids is 1. The second-order valence-corrected chi connectivity index (χ2v) is 4.65. The van der Waals surface area contributed by atoms with Crippen molar-refractivity contribution in [3.05, 3.63) is 18.3 Å². The third-order valence-electron chi connectivity index (χ3n) is 3.26. The summed E-state index contributed by atoms with van der Waals surface area (Å²) in [6.07, 6.45) is 1.73. The molecule has 1 unspecified atom stereocenters. The molecule has 1 amide bonds. The van der Waals surface area contributed by atoms with E-state index in [1.165, 1.54) is 0 Å². The largest absolute Gasteiger partial charge is 0.497 e. The number of hydrogen-bond donors (Lipinski definition) is 1. The fourth-order valence-corrected chi connectivity index (χ4v) is 2.14. The van der Waals surface area contributed by atoms with E-state index in [4.69, 9.17) is 10.5 Å². The molecule has 1 atom stereocenters. The van der Waals surface area contributed by atoms with E-state index in [1.54, 1.807) is 25.1 Å². The minimum Gasteiger partial charge on any atom is -0.497 e. The second kappa shape index (κ2) is 7.31. The molecule has 2 heterocycles. The first-order valence-electron chi connectivity index (χ1n) is 6.41. The molecular weight excluding hydrogens is 280 g/mol. The van der Waals surface area contributed by atoms with Crippen LogP contribution in [0, 0.1) is 0 Å². The second-order valence-electron chi connectivity index (χ2n) is 4.65. The molecule has 6 nitrogen and oxygen atoms in total. The summed E-state index contributed by atoms with van der Waals surface area (Å²) < 4.78 is 5.19. The van der Waals surface area contributed by atoms with Crippen LogP contribution in [-0.4, -0.2) is 55.1 Å². The minimum atomic E-state index is -0.429. The Hall–Kier alpha value is -1.53. The van der Waals surface area contributed by atoms with Gasteiger partial charge >= 0.3 is 0 Å². The lowest BCUT2D eigenvalue weighted by Crippen LogP contribution is -2.52. The topological polar surface area (TPSA) is 71.7 Å². The average molecular weight is 301 g/mol. The third-order valence-corrected chi connectivity index (χ3v) is 3.26. The minimum absolute atomic E-state index is 0. The lowest BCUT2D eigenvalue weighted by Gasteiger charge is -2.36. The highest BCUT2D eigenvalue weighted by Gasteiger charge is 2.23. The number of hydrogen-bond acceptors (Lipinski definition) is 5. The summed E-state index contributed by atoms with van der Waals surface area (Å²) in [6, 6.07) is 3.30. The fourth-order valence-electron chi connectivity index (χ4n) is 2.14. The van der Waals surface area contributed by atoms with Crippen molar-refractivity contribution in [3.8, 4) is 5.75 Å². The molecule has 112 valence electrons. The molecule has 1 aromatic rings. The molecule has 1 aromatic heterocycles. The highest BCUT2D eigenvalue weighted by Crippen LogP contribution is 2.19. The zero-order chi connectivity index (χ0) is 13.8. The summed E-state index contributed by atoms with van der Waals surface area (Å²) in [7, 11) is 1.64. The Bertz CT molecular complexity index is 448. The van der Waals surface area contributed by atoms with E-state index in [-0.39, 0.29) is 18.3 Å². The number of methoxy groups -OCH3 is 1. The monoisotopic (exact) mass is 300 g/mol. The number of piperazine rings is 1. The normalized spacial score (nSPS) is 16.4. The summed E-state index contributed by atoms with van der Waals surface area (Å²) in [5.41, 5.74) is 5.62. The summed E-state index contributed by atoms with van der Waals surface area (Å²) >= 11 is 0. The number of amides is 1. The zero-order valence-corrected chi connectivity index (χ0v) is 12.6. The van der Waals surface area contributed by atoms with Crippen molar-refractivity contribution < 1.29 is 9.53 Å². The van der Waals surface area contributed by atoms with Gasteiger partial charge < -0.3 is 20.3 Å². The molecule has 0 saturated carbocycles. The Morgan fingerprint density at radius 3 is 2.60 bits per heavy atom. The Balaban J connectivity index is 0.00000200. The average Bonchev–Trinajstić information content (AvgIpc) is 2.46. The van der Waals surface area contributed by atoms with Gasteiger partial charge in [0, 0.05) is 38.4 Å². The Morgan fingerprint density at radius 1 is 1.40 bits per heavy atom. The van der Waals surface area contributed by atoms with Gasteiger partial charge in [0.15, 0.2) is 0 Å². The number of rotatable bonds is 3. The number of halogens is 1. The lowest BCUT2D eigenvalue weighted by molar-refractivity contribution is -0.132. The molecule has 0 aromatic carbocycles. The third kappa shape index (κ3) is 3.74. The van der Waals surface area contributed by atoms with E-state index in [9.17, 15) is 4.79 Å². The van der Waals surface area contributed by atoms with Gasteiger partial charge in [-0.2, -0.15) is 0 Å². The van der Waals surface area contributed by atoms with Crippen molar-refractivity contribution in [2.45, 2.75) is 13.0 Å². The van der Waals surface area contributed by atoms with Crippen LogP contribution in [-0.2, 0) is 4.79 Å². The molecule has 1 aliphatic rings. The maximum atomic E-state index is 11.8. The van der Waals surface area contributed by atoms with Gasteiger partial charge in [-0.3, -0.25) is 4.79 Å². The standard InChI is InChI=1S/C13H20N4O2.ClH/c1-10(14)13(18)17-7-5-16(6-8-17)12-9-11(19-2)3-4-15-12;/h3-4,9-10H,5-8,14H2,1-2H3;1H. The molecule has 0 spiro atoms. The number of pyridine rings is 1. The van der Waals surface area contributed by atoms with E-state index in [0.29, 0.717) is 13.1 Å². The van der Waals surface area contributed by atoms with Gasteiger partial charge in [0.1, 0.15) is 11.6 Å². The number of aromatic nitrogens is 1. The first-order chi connectivity index (χ1) is 9.11. The first kappa shape index (κ1) is 16.5. The molecule has 1 aliphatic heterocycles. The summed E-state index contributed by atoms with van der Waals surface area (Å²) in [4.78, 5) is 20.1. The molecule has 1 saturated heterocycles. The van der Waals surface area contributed by atoms with Crippen molar-refractivity contribution in [2.24, 2.45) is 5.73 Å². The Labute approximate surface area is 125 Å². The van der Waals surface area contributed by atoms with Gasteiger partial charge in [-0.25, -0.2) is 4.98 Å². The molecule has 20 heavy (non-hydrogen) atoms. The van der Waals surface area contributed by atoms with Crippen LogP contribution in [0.4, 0.5) is 5.82 Å². The maximum Gasteiger partial charge on any atom is 0.239 e. The summed E-state index contributed by atoms with van der Waals surface area (Å²) in [6.45, 7) is 4.61. The molecule has 2 N–H and O–H groups in total. The first-order valence-corrected chi connectivity index (χ1v) is 6.41. The summed E-state index contributed by atoms with van der Waals surface area (Å²) in [5.74, 6) is 1.68. The number of nitrogens with two attached hydrogens (primary N) is 1. The van der Waals surface area contributed by atoms with Crippen molar-refractivity contribution in [2.75, 3.05) is 38.2 Å². The number of ether oxygens (including phenoxy) is 1. The van der Waals surface area contributed by atoms with Gasteiger partial charge in [0.2, 0.25) is 5.91 Å². The Morgan fingerprint density at radius 2 is 2.05 bits per heavy atom. The molecule has 7 heteroatoms. The smallest absolute Gasteiger partial charge is 0.239 e. The van der Waals surface area contributed by atoms with Gasteiger partial charge in [0.25, 0.3) is 0 Å². The van der Waals surface area contributed by atoms with E-state index >= 15 is 0 Å². The van der Waals surface area contributed by atoms with Crippen LogP contribution < -0.4 is 15.4 Å². The zero-order valence-electron chi connectivity index (χ0n) is 11.8. The van der Waals surface area contributed by atoms with Gasteiger partial charge in [-0.05, 0) is 13.0 Å². The number of carbonyl (C=O) groups is 1. The lowest BCUT2D eigenvalue weighted by atomic mass is 10.2. The van der Waals surface area contributed by atoms with Crippen molar-refractivity contribution in [1.82, 2.24) is 9.88 Å². The van der Waals surface area contributed by atoms with Crippen LogP contribution in [0.15, 0.2) is 18.3 Å². The van der Waals surface area contributed by atoms with E-state index < -0.39 is 6.04 Å². The highest BCUT2D eigenvalue weighted by molar-refractivity contribution is 5.85. The van der Waals surface area contributed by atoms with Crippen molar-refractivity contribution in [3.63, 3.8) is 0 Å². The molecule has 0 radical (unpaired) electrons. The number of nitrogens with zero attached hydrogens (tertiary/aromatic N) is 3. The Kier molecular flexibility index (Phi) is 6.04. The van der Waals surface area contributed by atoms with Crippen molar-refractivity contribution >= 4 is 24.1 Å². The van der Waals surface area contributed by atoms with Crippen LogP contribution >= 0.6 is 12.4 Å². The van der Waals surface area contributed by atoms with E-state index in [2.05, 4.69) is 9.88 Å². The fraction of sp³-hybridized carbons (Fsp3) is 0.538. The molecule has 0 bridgehead atoms. The van der Waals surface area contributed by atoms with E-state index in [0.717, 1.165) is 24.7 Å². The van der Waals surface area contributed by atoms with Crippen LogP contribution in [0.2, 0.25) is 0 Å². The van der Waals surface area contributed by atoms with Crippen LogP contribution in [0.5, 0.6) is 5.75 Å². The van der Waals surface area contributed by atoms with Crippen LogP contribution in [0.3, 0.4) is 0 Å². The predicted molar refractivity (Wildman–Crippen MR) is 80.5 cm³/mol. The van der Waals surface area contributed by atoms with Crippen LogP contribution in [0.1, 0.15) is 6.92 Å². The van der Waals surface area contributed by atoms with Crippen LogP contribution in [0.25, 0.3) is 0 Å². The molecule has 1 fully saturated rings. The SMILES string of the molecule is COc1ccnc(N2CCN(C(=O)C(C)N)CC2)c1.Cl.